The molecular formula is C18H24O4. The molecule has 0 aromatic heterocycles. The molecule has 4 heteroatoms. The summed E-state index contributed by atoms with van der Waals surface area (Å²) < 4.78 is 16.1. The zero-order valence-electron chi connectivity index (χ0n) is 13.9. The number of carbonyl (C=O) groups excluding carboxylic acids is 1. The van der Waals surface area contributed by atoms with Crippen molar-refractivity contribution in [2.24, 2.45) is 0 Å². The Morgan fingerprint density at radius 3 is 2.23 bits per heavy atom. The first-order chi connectivity index (χ1) is 10.4. The van der Waals surface area contributed by atoms with Crippen LogP contribution in [0.25, 0.3) is 0 Å². The monoisotopic (exact) mass is 304 g/mol. The van der Waals surface area contributed by atoms with E-state index in [1.165, 1.54) is 5.57 Å². The molecule has 22 heavy (non-hydrogen) atoms. The molecule has 0 unspecified atom stereocenters. The zero-order valence-corrected chi connectivity index (χ0v) is 13.9. The Labute approximate surface area is 132 Å². The van der Waals surface area contributed by atoms with Gasteiger partial charge in [0.1, 0.15) is 13.2 Å². The molecule has 0 aliphatic heterocycles. The third-order valence-corrected chi connectivity index (χ3v) is 2.84. The number of rotatable bonds is 7. The van der Waals surface area contributed by atoms with E-state index in [1.54, 1.807) is 25.3 Å². The second-order valence-corrected chi connectivity index (χ2v) is 5.34. The minimum Gasteiger partial charge on any atom is -0.493 e. The fourth-order valence-corrected chi connectivity index (χ4v) is 1.58. The minimum absolute atomic E-state index is 0.266. The van der Waals surface area contributed by atoms with Gasteiger partial charge in [0.15, 0.2) is 11.5 Å². The number of carbonyl (C=O) groups is 1. The maximum absolute atomic E-state index is 12.0. The van der Waals surface area contributed by atoms with Gasteiger partial charge in [0, 0.05) is 0 Å². The molecule has 120 valence electrons. The average Bonchev–Trinajstić information content (AvgIpc) is 2.46. The number of esters is 1. The highest BCUT2D eigenvalue weighted by atomic mass is 16.5. The first kappa shape index (κ1) is 17.8. The second kappa shape index (κ2) is 8.93. The molecule has 0 atom stereocenters. The van der Waals surface area contributed by atoms with Gasteiger partial charge in [-0.1, -0.05) is 11.1 Å². The van der Waals surface area contributed by atoms with Crippen molar-refractivity contribution in [1.82, 2.24) is 0 Å². The van der Waals surface area contributed by atoms with Gasteiger partial charge < -0.3 is 14.2 Å². The summed E-state index contributed by atoms with van der Waals surface area (Å²) in [5, 5.41) is 0. The minimum atomic E-state index is -0.383. The molecule has 4 nitrogen and oxygen atoms in total. The fraction of sp³-hybridized carbons (Fsp3) is 0.389. The summed E-state index contributed by atoms with van der Waals surface area (Å²) >= 11 is 0. The van der Waals surface area contributed by atoms with Crippen molar-refractivity contribution >= 4 is 5.97 Å². The summed E-state index contributed by atoms with van der Waals surface area (Å²) in [4.78, 5) is 12.0. The molecule has 0 N–H and O–H groups in total. The summed E-state index contributed by atoms with van der Waals surface area (Å²) in [7, 11) is 1.54. The van der Waals surface area contributed by atoms with E-state index in [-0.39, 0.29) is 12.6 Å². The lowest BCUT2D eigenvalue weighted by Crippen LogP contribution is -2.06. The summed E-state index contributed by atoms with van der Waals surface area (Å²) in [5.74, 6) is 0.728. The predicted molar refractivity (Wildman–Crippen MR) is 87.6 cm³/mol. The van der Waals surface area contributed by atoms with E-state index >= 15 is 0 Å². The molecule has 1 aromatic rings. The number of hydrogen-bond donors (Lipinski definition) is 0. The Morgan fingerprint density at radius 1 is 1.00 bits per heavy atom. The Morgan fingerprint density at radius 2 is 1.64 bits per heavy atom. The van der Waals surface area contributed by atoms with Crippen LogP contribution in [0, 0.1) is 0 Å². The second-order valence-electron chi connectivity index (χ2n) is 5.34. The molecule has 0 aliphatic rings. The summed E-state index contributed by atoms with van der Waals surface area (Å²) in [6.07, 6.45) is 3.83. The van der Waals surface area contributed by atoms with Gasteiger partial charge in [-0.15, -0.1) is 0 Å². The van der Waals surface area contributed by atoms with Gasteiger partial charge in [-0.2, -0.15) is 0 Å². The lowest BCUT2D eigenvalue weighted by molar-refractivity contribution is 0.0548. The number of allylic oxidation sites excluding steroid dienone is 2. The van der Waals surface area contributed by atoms with Crippen LogP contribution in [-0.4, -0.2) is 26.3 Å². The molecule has 0 spiro atoms. The Balaban J connectivity index is 2.76. The molecule has 0 saturated heterocycles. The number of methoxy groups -OCH3 is 1. The highest BCUT2D eigenvalue weighted by Gasteiger charge is 2.11. The molecule has 0 bridgehead atoms. The molecule has 0 aliphatic carbocycles. The van der Waals surface area contributed by atoms with E-state index < -0.39 is 0 Å². The third kappa shape index (κ3) is 6.04. The molecular weight excluding hydrogens is 280 g/mol. The van der Waals surface area contributed by atoms with Gasteiger partial charge >= 0.3 is 5.97 Å². The van der Waals surface area contributed by atoms with Crippen molar-refractivity contribution in [1.29, 1.82) is 0 Å². The Bertz CT molecular complexity index is 562. The lowest BCUT2D eigenvalue weighted by Gasteiger charge is -2.11. The molecule has 0 fully saturated rings. The van der Waals surface area contributed by atoms with Gasteiger partial charge in [-0.25, -0.2) is 4.79 Å². The van der Waals surface area contributed by atoms with Crippen LogP contribution in [0.2, 0.25) is 0 Å². The largest absolute Gasteiger partial charge is 0.493 e. The predicted octanol–water partition coefficient (Wildman–Crippen LogP) is 4.16. The van der Waals surface area contributed by atoms with Gasteiger partial charge in [0.25, 0.3) is 0 Å². The SMILES string of the molecule is COc1cc(C(=O)OCC=C(C)C)ccc1OCC=C(C)C. The summed E-state index contributed by atoms with van der Waals surface area (Å²) in [5.41, 5.74) is 2.72. The van der Waals surface area contributed by atoms with Crippen LogP contribution >= 0.6 is 0 Å². The smallest absolute Gasteiger partial charge is 0.338 e. The van der Waals surface area contributed by atoms with Crippen LogP contribution in [0.4, 0.5) is 0 Å². The summed E-state index contributed by atoms with van der Waals surface area (Å²) in [6, 6.07) is 5.02. The molecule has 1 aromatic carbocycles. The molecule has 1 rings (SSSR count). The quantitative estimate of drug-likeness (QED) is 0.560. The number of benzene rings is 1. The van der Waals surface area contributed by atoms with Gasteiger partial charge in [-0.05, 0) is 58.0 Å². The molecule has 0 amide bonds. The van der Waals surface area contributed by atoms with Crippen LogP contribution in [0.1, 0.15) is 38.1 Å². The van der Waals surface area contributed by atoms with E-state index in [0.29, 0.717) is 23.7 Å². The van der Waals surface area contributed by atoms with E-state index in [1.807, 2.05) is 39.8 Å². The van der Waals surface area contributed by atoms with Crippen molar-refractivity contribution in [3.63, 3.8) is 0 Å². The van der Waals surface area contributed by atoms with Crippen molar-refractivity contribution < 1.29 is 19.0 Å². The third-order valence-electron chi connectivity index (χ3n) is 2.84. The van der Waals surface area contributed by atoms with E-state index in [4.69, 9.17) is 14.2 Å². The summed E-state index contributed by atoms with van der Waals surface area (Å²) in [6.45, 7) is 8.65. The van der Waals surface area contributed by atoms with Crippen molar-refractivity contribution in [2.45, 2.75) is 27.7 Å². The molecule has 0 radical (unpaired) electrons. The van der Waals surface area contributed by atoms with Crippen LogP contribution < -0.4 is 9.47 Å². The van der Waals surface area contributed by atoms with Crippen LogP contribution in [-0.2, 0) is 4.74 Å². The van der Waals surface area contributed by atoms with Crippen molar-refractivity contribution in [2.75, 3.05) is 20.3 Å². The number of ether oxygens (including phenoxy) is 3. The maximum Gasteiger partial charge on any atom is 0.338 e. The lowest BCUT2D eigenvalue weighted by atomic mass is 10.2. The Kier molecular flexibility index (Phi) is 7.23. The van der Waals surface area contributed by atoms with E-state index in [2.05, 4.69) is 0 Å². The standard InChI is InChI=1S/C18H24O4/c1-13(2)8-10-21-16-7-6-15(12-17(16)20-5)18(19)22-11-9-14(3)4/h6-9,12H,10-11H2,1-5H3. The van der Waals surface area contributed by atoms with Crippen molar-refractivity contribution in [3.05, 3.63) is 47.1 Å². The zero-order chi connectivity index (χ0) is 16.5. The van der Waals surface area contributed by atoms with Crippen LogP contribution in [0.5, 0.6) is 11.5 Å². The highest BCUT2D eigenvalue weighted by molar-refractivity contribution is 5.90. The molecule has 0 heterocycles. The maximum atomic E-state index is 12.0. The van der Waals surface area contributed by atoms with E-state index in [9.17, 15) is 4.79 Å². The highest BCUT2D eigenvalue weighted by Crippen LogP contribution is 2.28. The molecule has 0 saturated carbocycles. The average molecular weight is 304 g/mol. The fourth-order valence-electron chi connectivity index (χ4n) is 1.58. The topological polar surface area (TPSA) is 44.8 Å². The number of hydrogen-bond acceptors (Lipinski definition) is 4. The normalized spacial score (nSPS) is 9.68. The van der Waals surface area contributed by atoms with E-state index in [0.717, 1.165) is 5.57 Å². The van der Waals surface area contributed by atoms with Crippen molar-refractivity contribution in [3.8, 4) is 11.5 Å². The first-order valence-corrected chi connectivity index (χ1v) is 7.18. The van der Waals surface area contributed by atoms with Crippen LogP contribution in [0.3, 0.4) is 0 Å². The first-order valence-electron chi connectivity index (χ1n) is 7.18. The van der Waals surface area contributed by atoms with Gasteiger partial charge in [0.05, 0.1) is 12.7 Å². The van der Waals surface area contributed by atoms with Gasteiger partial charge in [0.2, 0.25) is 0 Å². The van der Waals surface area contributed by atoms with Gasteiger partial charge in [-0.3, -0.25) is 0 Å². The Hall–Kier alpha value is -2.23. The van der Waals surface area contributed by atoms with Crippen LogP contribution in [0.15, 0.2) is 41.5 Å².